The van der Waals surface area contributed by atoms with E-state index in [1.807, 2.05) is 24.4 Å². The minimum atomic E-state index is 0.00554. The maximum atomic E-state index is 12.4. The van der Waals surface area contributed by atoms with Gasteiger partial charge in [-0.3, -0.25) is 4.79 Å². The largest absolute Gasteiger partial charge is 0.384 e. The number of carbonyl (C=O) groups is 1. The minimum absolute atomic E-state index is 0.00554. The van der Waals surface area contributed by atoms with Crippen LogP contribution in [0, 0.1) is 5.92 Å². The number of amides is 1. The Morgan fingerprint density at radius 2 is 2.25 bits per heavy atom. The number of fused-ring (bicyclic) bond motifs is 1. The number of hydrogen-bond donors (Lipinski definition) is 2. The summed E-state index contributed by atoms with van der Waals surface area (Å²) < 4.78 is 0. The van der Waals surface area contributed by atoms with Crippen molar-refractivity contribution in [3.8, 4) is 0 Å². The van der Waals surface area contributed by atoms with Crippen molar-refractivity contribution in [3.05, 3.63) is 52.2 Å². The molecule has 104 valence electrons. The van der Waals surface area contributed by atoms with Gasteiger partial charge in [0, 0.05) is 12.2 Å². The van der Waals surface area contributed by atoms with Crippen LogP contribution >= 0.6 is 11.3 Å². The molecule has 2 aromatic rings. The first kappa shape index (κ1) is 13.2. The van der Waals surface area contributed by atoms with E-state index in [0.29, 0.717) is 6.54 Å². The summed E-state index contributed by atoms with van der Waals surface area (Å²) in [4.78, 5) is 12.4. The Kier molecular flexibility index (Phi) is 3.74. The highest BCUT2D eigenvalue weighted by Crippen LogP contribution is 2.25. The fourth-order valence-corrected chi connectivity index (χ4v) is 3.32. The first-order valence-electron chi connectivity index (χ1n) is 6.88. The molecule has 1 aromatic heterocycles. The molecule has 2 atom stereocenters. The van der Waals surface area contributed by atoms with E-state index >= 15 is 0 Å². The van der Waals surface area contributed by atoms with E-state index in [1.54, 1.807) is 11.3 Å². The van der Waals surface area contributed by atoms with Crippen molar-refractivity contribution in [1.29, 1.82) is 0 Å². The molecule has 4 heteroatoms. The molecule has 1 aliphatic heterocycles. The molecule has 1 aliphatic rings. The Morgan fingerprint density at radius 3 is 3.05 bits per heavy atom. The molecule has 0 radical (unpaired) electrons. The van der Waals surface area contributed by atoms with Crippen molar-refractivity contribution < 1.29 is 4.79 Å². The van der Waals surface area contributed by atoms with Crippen molar-refractivity contribution >= 4 is 22.9 Å². The van der Waals surface area contributed by atoms with Crippen molar-refractivity contribution in [2.24, 2.45) is 5.92 Å². The summed E-state index contributed by atoms with van der Waals surface area (Å²) in [6, 6.07) is 10.3. The monoisotopic (exact) mass is 286 g/mol. The number of carbonyl (C=O) groups excluding carboxylic acids is 1. The second-order valence-corrected chi connectivity index (χ2v) is 6.01. The SMILES string of the molecule is CC(NC(=O)C1CNc2ccccc2C1)c1ccsc1. The van der Waals surface area contributed by atoms with Gasteiger partial charge in [0.2, 0.25) is 5.91 Å². The zero-order valence-corrected chi connectivity index (χ0v) is 12.2. The molecule has 0 bridgehead atoms. The summed E-state index contributed by atoms with van der Waals surface area (Å²) >= 11 is 1.66. The molecule has 0 saturated carbocycles. The lowest BCUT2D eigenvalue weighted by Crippen LogP contribution is -2.39. The van der Waals surface area contributed by atoms with Crippen LogP contribution in [-0.2, 0) is 11.2 Å². The average Bonchev–Trinajstić information content (AvgIpc) is 3.01. The van der Waals surface area contributed by atoms with Gasteiger partial charge in [0.25, 0.3) is 0 Å². The van der Waals surface area contributed by atoms with Gasteiger partial charge in [0.15, 0.2) is 0 Å². The van der Waals surface area contributed by atoms with Crippen LogP contribution < -0.4 is 10.6 Å². The summed E-state index contributed by atoms with van der Waals surface area (Å²) in [7, 11) is 0. The molecular formula is C16H18N2OS. The Balaban J connectivity index is 1.64. The summed E-state index contributed by atoms with van der Waals surface area (Å²) in [5.41, 5.74) is 3.55. The summed E-state index contributed by atoms with van der Waals surface area (Å²) in [6.45, 7) is 2.74. The summed E-state index contributed by atoms with van der Waals surface area (Å²) in [5, 5.41) is 10.6. The predicted octanol–water partition coefficient (Wildman–Crippen LogP) is 3.21. The number of nitrogens with one attached hydrogen (secondary N) is 2. The third-order valence-electron chi connectivity index (χ3n) is 3.80. The van der Waals surface area contributed by atoms with Crippen LogP contribution in [0.25, 0.3) is 0 Å². The van der Waals surface area contributed by atoms with E-state index in [0.717, 1.165) is 12.1 Å². The van der Waals surface area contributed by atoms with Crippen molar-refractivity contribution in [1.82, 2.24) is 5.32 Å². The summed E-state index contributed by atoms with van der Waals surface area (Å²) in [5.74, 6) is 0.136. The fraction of sp³-hybridized carbons (Fsp3) is 0.312. The molecule has 20 heavy (non-hydrogen) atoms. The zero-order valence-electron chi connectivity index (χ0n) is 11.4. The van der Waals surface area contributed by atoms with Crippen molar-refractivity contribution in [3.63, 3.8) is 0 Å². The first-order chi connectivity index (χ1) is 9.74. The van der Waals surface area contributed by atoms with Crippen LogP contribution in [-0.4, -0.2) is 12.5 Å². The number of rotatable bonds is 3. The number of thiophene rings is 1. The third kappa shape index (κ3) is 2.70. The normalized spacial score (nSPS) is 18.8. The van der Waals surface area contributed by atoms with E-state index in [2.05, 4.69) is 34.2 Å². The second kappa shape index (κ2) is 5.67. The highest BCUT2D eigenvalue weighted by atomic mass is 32.1. The Bertz CT molecular complexity index is 594. The third-order valence-corrected chi connectivity index (χ3v) is 4.50. The number of hydrogen-bond acceptors (Lipinski definition) is 3. The zero-order chi connectivity index (χ0) is 13.9. The highest BCUT2D eigenvalue weighted by molar-refractivity contribution is 7.07. The average molecular weight is 286 g/mol. The molecule has 3 nitrogen and oxygen atoms in total. The van der Waals surface area contributed by atoms with E-state index in [9.17, 15) is 4.79 Å². The Morgan fingerprint density at radius 1 is 1.40 bits per heavy atom. The van der Waals surface area contributed by atoms with Crippen molar-refractivity contribution in [2.75, 3.05) is 11.9 Å². The van der Waals surface area contributed by atoms with Crippen LogP contribution in [0.1, 0.15) is 24.1 Å². The van der Waals surface area contributed by atoms with Crippen LogP contribution in [0.2, 0.25) is 0 Å². The maximum Gasteiger partial charge on any atom is 0.225 e. The number of anilines is 1. The summed E-state index contributed by atoms with van der Waals surface area (Å²) in [6.07, 6.45) is 0.811. The van der Waals surface area contributed by atoms with Gasteiger partial charge in [0.1, 0.15) is 0 Å². The lowest BCUT2D eigenvalue weighted by atomic mass is 9.93. The van der Waals surface area contributed by atoms with Crippen LogP contribution in [0.4, 0.5) is 5.69 Å². The molecule has 1 amide bonds. The molecule has 1 aromatic carbocycles. The van der Waals surface area contributed by atoms with Gasteiger partial charge >= 0.3 is 0 Å². The lowest BCUT2D eigenvalue weighted by molar-refractivity contribution is -0.125. The Labute approximate surface area is 123 Å². The molecule has 3 rings (SSSR count). The standard InChI is InChI=1S/C16H18N2OS/c1-11(13-6-7-20-10-13)18-16(19)14-8-12-4-2-3-5-15(12)17-9-14/h2-7,10-11,14,17H,8-9H2,1H3,(H,18,19). The quantitative estimate of drug-likeness (QED) is 0.909. The van der Waals surface area contributed by atoms with E-state index in [1.165, 1.54) is 11.1 Å². The van der Waals surface area contributed by atoms with Gasteiger partial charge in [-0.1, -0.05) is 18.2 Å². The molecule has 0 saturated heterocycles. The highest BCUT2D eigenvalue weighted by Gasteiger charge is 2.25. The molecule has 2 heterocycles. The molecular weight excluding hydrogens is 268 g/mol. The molecule has 2 unspecified atom stereocenters. The van der Waals surface area contributed by atoms with Gasteiger partial charge in [-0.2, -0.15) is 11.3 Å². The second-order valence-electron chi connectivity index (χ2n) is 5.23. The smallest absolute Gasteiger partial charge is 0.225 e. The van der Waals surface area contributed by atoms with Gasteiger partial charge in [0.05, 0.1) is 12.0 Å². The van der Waals surface area contributed by atoms with Crippen molar-refractivity contribution in [2.45, 2.75) is 19.4 Å². The van der Waals surface area contributed by atoms with E-state index in [4.69, 9.17) is 0 Å². The van der Waals surface area contributed by atoms with Crippen LogP contribution in [0.15, 0.2) is 41.1 Å². The van der Waals surface area contributed by atoms with Crippen LogP contribution in [0.5, 0.6) is 0 Å². The van der Waals surface area contributed by atoms with Gasteiger partial charge in [-0.05, 0) is 47.4 Å². The maximum absolute atomic E-state index is 12.4. The molecule has 0 aliphatic carbocycles. The van der Waals surface area contributed by atoms with Gasteiger partial charge in [-0.25, -0.2) is 0 Å². The number of para-hydroxylation sites is 1. The minimum Gasteiger partial charge on any atom is -0.384 e. The predicted molar refractivity (Wildman–Crippen MR) is 83.0 cm³/mol. The van der Waals surface area contributed by atoms with Gasteiger partial charge < -0.3 is 10.6 Å². The van der Waals surface area contributed by atoms with Gasteiger partial charge in [-0.15, -0.1) is 0 Å². The first-order valence-corrected chi connectivity index (χ1v) is 7.82. The number of benzene rings is 1. The van der Waals surface area contributed by atoms with E-state index < -0.39 is 0 Å². The molecule has 2 N–H and O–H groups in total. The molecule has 0 fully saturated rings. The van der Waals surface area contributed by atoms with E-state index in [-0.39, 0.29) is 17.9 Å². The molecule has 0 spiro atoms. The topological polar surface area (TPSA) is 41.1 Å². The van der Waals surface area contributed by atoms with Crippen LogP contribution in [0.3, 0.4) is 0 Å². The fourth-order valence-electron chi connectivity index (χ4n) is 2.56. The Hall–Kier alpha value is -1.81. The lowest BCUT2D eigenvalue weighted by Gasteiger charge is -2.26.